The molecule has 1 aliphatic heterocycles. The highest BCUT2D eigenvalue weighted by Crippen LogP contribution is 2.21. The van der Waals surface area contributed by atoms with Crippen LogP contribution in [0.4, 0.5) is 0 Å². The molecule has 6 nitrogen and oxygen atoms in total. The number of amides is 1. The van der Waals surface area contributed by atoms with Gasteiger partial charge in [-0.05, 0) is 32.4 Å². The Bertz CT molecular complexity index is 459. The summed E-state index contributed by atoms with van der Waals surface area (Å²) >= 11 is 0. The van der Waals surface area contributed by atoms with E-state index in [0.717, 1.165) is 31.6 Å². The second kappa shape index (κ2) is 6.88. The van der Waals surface area contributed by atoms with E-state index in [4.69, 9.17) is 10.3 Å². The summed E-state index contributed by atoms with van der Waals surface area (Å²) in [4.78, 5) is 13.8. The summed E-state index contributed by atoms with van der Waals surface area (Å²) in [6.07, 6.45) is 4.49. The third kappa shape index (κ3) is 3.39. The Morgan fingerprint density at radius 2 is 2.35 bits per heavy atom. The van der Waals surface area contributed by atoms with Gasteiger partial charge >= 0.3 is 0 Å². The SMILES string of the molecule is Cc1oc(CN2CCCCCC2CO)cc1C(=O)NN. The molecule has 20 heavy (non-hydrogen) atoms. The molecule has 1 aromatic heterocycles. The number of hydrogen-bond acceptors (Lipinski definition) is 5. The molecule has 0 spiro atoms. The molecule has 1 saturated heterocycles. The van der Waals surface area contributed by atoms with Gasteiger partial charge in [-0.15, -0.1) is 0 Å². The van der Waals surface area contributed by atoms with E-state index in [1.165, 1.54) is 6.42 Å². The number of nitrogens with zero attached hydrogens (tertiary/aromatic N) is 1. The number of nitrogens with one attached hydrogen (secondary N) is 1. The fourth-order valence-electron chi connectivity index (χ4n) is 2.78. The molecular weight excluding hydrogens is 258 g/mol. The van der Waals surface area contributed by atoms with Crippen molar-refractivity contribution < 1.29 is 14.3 Å². The molecule has 4 N–H and O–H groups in total. The summed E-state index contributed by atoms with van der Waals surface area (Å²) < 4.78 is 5.63. The first-order valence-corrected chi connectivity index (χ1v) is 7.11. The van der Waals surface area contributed by atoms with Crippen LogP contribution in [0.5, 0.6) is 0 Å². The van der Waals surface area contributed by atoms with Crippen LogP contribution in [0, 0.1) is 6.92 Å². The van der Waals surface area contributed by atoms with E-state index < -0.39 is 0 Å². The number of hydrogen-bond donors (Lipinski definition) is 3. The van der Waals surface area contributed by atoms with Crippen LogP contribution in [-0.4, -0.2) is 35.1 Å². The second-order valence-corrected chi connectivity index (χ2v) is 5.31. The molecule has 0 bridgehead atoms. The topological polar surface area (TPSA) is 91.7 Å². The minimum atomic E-state index is -0.341. The first-order valence-electron chi connectivity index (χ1n) is 7.11. The third-order valence-corrected chi connectivity index (χ3v) is 3.91. The maximum absolute atomic E-state index is 11.6. The minimum absolute atomic E-state index is 0.163. The number of hydrazine groups is 1. The number of carbonyl (C=O) groups is 1. The van der Waals surface area contributed by atoms with Crippen molar-refractivity contribution >= 4 is 5.91 Å². The summed E-state index contributed by atoms with van der Waals surface area (Å²) in [6, 6.07) is 1.91. The van der Waals surface area contributed by atoms with Gasteiger partial charge in [-0.3, -0.25) is 15.1 Å². The zero-order valence-electron chi connectivity index (χ0n) is 11.9. The van der Waals surface area contributed by atoms with Gasteiger partial charge in [-0.25, -0.2) is 5.84 Å². The highest BCUT2D eigenvalue weighted by atomic mass is 16.3. The van der Waals surface area contributed by atoms with Gasteiger partial charge in [0, 0.05) is 6.04 Å². The number of aliphatic hydroxyl groups excluding tert-OH is 1. The van der Waals surface area contributed by atoms with Crippen molar-refractivity contribution in [2.45, 2.75) is 45.2 Å². The first-order chi connectivity index (χ1) is 9.65. The summed E-state index contributed by atoms with van der Waals surface area (Å²) in [5.41, 5.74) is 2.59. The van der Waals surface area contributed by atoms with Crippen molar-refractivity contribution in [3.05, 3.63) is 23.2 Å². The fraction of sp³-hybridized carbons (Fsp3) is 0.643. The van der Waals surface area contributed by atoms with Gasteiger partial charge in [0.2, 0.25) is 0 Å². The summed E-state index contributed by atoms with van der Waals surface area (Å²) in [7, 11) is 0. The smallest absolute Gasteiger partial charge is 0.268 e. The fourth-order valence-corrected chi connectivity index (χ4v) is 2.78. The largest absolute Gasteiger partial charge is 0.464 e. The molecule has 2 rings (SSSR count). The van der Waals surface area contributed by atoms with Crippen molar-refractivity contribution in [1.82, 2.24) is 10.3 Å². The predicted molar refractivity (Wildman–Crippen MR) is 74.9 cm³/mol. The van der Waals surface area contributed by atoms with Gasteiger partial charge < -0.3 is 9.52 Å². The van der Waals surface area contributed by atoms with Crippen molar-refractivity contribution in [1.29, 1.82) is 0 Å². The molecule has 1 atom stereocenters. The van der Waals surface area contributed by atoms with E-state index >= 15 is 0 Å². The van der Waals surface area contributed by atoms with Gasteiger partial charge in [-0.2, -0.15) is 0 Å². The lowest BCUT2D eigenvalue weighted by molar-refractivity contribution is 0.0952. The van der Waals surface area contributed by atoms with Crippen LogP contribution in [0.15, 0.2) is 10.5 Å². The van der Waals surface area contributed by atoms with Crippen LogP contribution in [0.25, 0.3) is 0 Å². The van der Waals surface area contributed by atoms with Crippen molar-refractivity contribution in [3.8, 4) is 0 Å². The highest BCUT2D eigenvalue weighted by molar-refractivity contribution is 5.94. The molecule has 0 saturated carbocycles. The van der Waals surface area contributed by atoms with Crippen molar-refractivity contribution in [3.63, 3.8) is 0 Å². The normalized spacial score (nSPS) is 20.6. The number of furan rings is 1. The number of aliphatic hydroxyl groups is 1. The van der Waals surface area contributed by atoms with E-state index in [0.29, 0.717) is 17.9 Å². The summed E-state index contributed by atoms with van der Waals surface area (Å²) in [6.45, 7) is 3.48. The molecule has 0 aliphatic carbocycles. The summed E-state index contributed by atoms with van der Waals surface area (Å²) in [5.74, 6) is 6.11. The zero-order chi connectivity index (χ0) is 14.5. The number of likely N-dealkylation sites (tertiary alicyclic amines) is 1. The van der Waals surface area contributed by atoms with Crippen LogP contribution in [0.1, 0.15) is 47.6 Å². The minimum Gasteiger partial charge on any atom is -0.464 e. The van der Waals surface area contributed by atoms with Gasteiger partial charge in [0.05, 0.1) is 18.7 Å². The van der Waals surface area contributed by atoms with Crippen LogP contribution in [-0.2, 0) is 6.54 Å². The molecule has 6 heteroatoms. The Morgan fingerprint density at radius 1 is 1.55 bits per heavy atom. The van der Waals surface area contributed by atoms with Crippen LogP contribution in [0.3, 0.4) is 0 Å². The molecule has 1 amide bonds. The Morgan fingerprint density at radius 3 is 3.05 bits per heavy atom. The van der Waals surface area contributed by atoms with Gasteiger partial charge in [0.15, 0.2) is 0 Å². The molecule has 1 fully saturated rings. The monoisotopic (exact) mass is 281 g/mol. The van der Waals surface area contributed by atoms with Crippen LogP contribution in [0.2, 0.25) is 0 Å². The molecule has 1 aliphatic rings. The molecule has 1 unspecified atom stereocenters. The number of nitrogen functional groups attached to an aromatic ring is 1. The molecular formula is C14H23N3O3. The predicted octanol–water partition coefficient (Wildman–Crippen LogP) is 0.928. The number of carbonyl (C=O) groups excluding carboxylic acids is 1. The van der Waals surface area contributed by atoms with Crippen molar-refractivity contribution in [2.75, 3.05) is 13.2 Å². The first kappa shape index (κ1) is 15.0. The zero-order valence-corrected chi connectivity index (χ0v) is 11.9. The third-order valence-electron chi connectivity index (χ3n) is 3.91. The Kier molecular flexibility index (Phi) is 5.17. The average molecular weight is 281 g/mol. The summed E-state index contributed by atoms with van der Waals surface area (Å²) in [5, 5.41) is 9.50. The molecule has 0 aromatic carbocycles. The standard InChI is InChI=1S/C14H23N3O3/c1-10-13(14(19)16-15)7-12(20-10)8-17-6-4-2-3-5-11(17)9-18/h7,11,18H,2-6,8-9,15H2,1H3,(H,16,19). The van der Waals surface area contributed by atoms with E-state index in [1.54, 1.807) is 13.0 Å². The van der Waals surface area contributed by atoms with E-state index in [1.807, 2.05) is 0 Å². The van der Waals surface area contributed by atoms with Crippen molar-refractivity contribution in [2.24, 2.45) is 5.84 Å². The van der Waals surface area contributed by atoms with Gasteiger partial charge in [-0.1, -0.05) is 12.8 Å². The van der Waals surface area contributed by atoms with E-state index in [2.05, 4.69) is 10.3 Å². The number of rotatable bonds is 4. The molecule has 0 radical (unpaired) electrons. The Hall–Kier alpha value is -1.37. The van der Waals surface area contributed by atoms with E-state index in [-0.39, 0.29) is 18.6 Å². The van der Waals surface area contributed by atoms with Crippen LogP contribution < -0.4 is 11.3 Å². The number of aryl methyl sites for hydroxylation is 1. The maximum atomic E-state index is 11.6. The lowest BCUT2D eigenvalue weighted by Gasteiger charge is -2.27. The highest BCUT2D eigenvalue weighted by Gasteiger charge is 2.22. The van der Waals surface area contributed by atoms with E-state index in [9.17, 15) is 9.90 Å². The quantitative estimate of drug-likeness (QED) is 0.434. The number of nitrogens with two attached hydrogens (primary N) is 1. The molecule has 112 valence electrons. The van der Waals surface area contributed by atoms with Crippen LogP contribution >= 0.6 is 0 Å². The lowest BCUT2D eigenvalue weighted by Crippen LogP contribution is -2.36. The average Bonchev–Trinajstić information content (AvgIpc) is 2.67. The Labute approximate surface area is 118 Å². The molecule has 2 heterocycles. The molecule has 1 aromatic rings. The van der Waals surface area contributed by atoms with Gasteiger partial charge in [0.1, 0.15) is 11.5 Å². The van der Waals surface area contributed by atoms with Gasteiger partial charge in [0.25, 0.3) is 5.91 Å². The Balaban J connectivity index is 2.10. The second-order valence-electron chi connectivity index (χ2n) is 5.31. The lowest BCUT2D eigenvalue weighted by atomic mass is 10.1. The maximum Gasteiger partial charge on any atom is 0.268 e.